The summed E-state index contributed by atoms with van der Waals surface area (Å²) >= 11 is 10.4. The van der Waals surface area contributed by atoms with Gasteiger partial charge in [0.15, 0.2) is 0 Å². The van der Waals surface area contributed by atoms with E-state index >= 15 is 0 Å². The number of amides is 1. The van der Waals surface area contributed by atoms with Gasteiger partial charge >= 0.3 is 0 Å². The Kier molecular flexibility index (Phi) is 4.70. The van der Waals surface area contributed by atoms with Crippen LogP contribution in [0.25, 0.3) is 0 Å². The van der Waals surface area contributed by atoms with E-state index < -0.39 is 0 Å². The summed E-state index contributed by atoms with van der Waals surface area (Å²) in [5, 5.41) is 4.43. The van der Waals surface area contributed by atoms with Crippen LogP contribution in [0.1, 0.15) is 6.42 Å². The number of rotatable bonds is 5. The molecule has 1 amide bonds. The highest BCUT2D eigenvalue weighted by Gasteiger charge is 2.10. The van der Waals surface area contributed by atoms with Gasteiger partial charge in [0.05, 0.1) is 16.2 Å². The average Bonchev–Trinajstić information content (AvgIpc) is 2.60. The summed E-state index contributed by atoms with van der Waals surface area (Å²) in [6.45, 7) is 0.684. The van der Waals surface area contributed by atoms with Crippen LogP contribution in [-0.4, -0.2) is 39.2 Å². The van der Waals surface area contributed by atoms with E-state index in [4.69, 9.17) is 29.6 Å². The molecule has 5 nitrogen and oxygen atoms in total. The van der Waals surface area contributed by atoms with Gasteiger partial charge in [-0.25, -0.2) is 0 Å². The van der Waals surface area contributed by atoms with Crippen LogP contribution in [0.15, 0.2) is 12.4 Å². The maximum Gasteiger partial charge on any atom is 0.244 e. The highest BCUT2D eigenvalue weighted by Crippen LogP contribution is 2.04. The van der Waals surface area contributed by atoms with Crippen molar-refractivity contribution in [2.24, 2.45) is 5.73 Å². The molecule has 1 aromatic rings. The highest BCUT2D eigenvalue weighted by atomic mass is 35.5. The number of carbonyl (C=O) groups is 1. The predicted octanol–water partition coefficient (Wildman–Crippen LogP) is 0.671. The van der Waals surface area contributed by atoms with Gasteiger partial charge in [-0.15, -0.1) is 0 Å². The zero-order valence-corrected chi connectivity index (χ0v) is 10.5. The van der Waals surface area contributed by atoms with Crippen LogP contribution in [0, 0.1) is 0 Å². The lowest BCUT2D eigenvalue weighted by atomic mass is 10.4. The first-order chi connectivity index (χ1) is 7.49. The van der Waals surface area contributed by atoms with Gasteiger partial charge in [-0.05, 0) is 0 Å². The summed E-state index contributed by atoms with van der Waals surface area (Å²) < 4.78 is 1.49. The number of nitrogens with two attached hydrogens (primary N) is 1. The van der Waals surface area contributed by atoms with E-state index in [-0.39, 0.29) is 12.5 Å². The van der Waals surface area contributed by atoms with E-state index in [0.29, 0.717) is 23.0 Å². The lowest BCUT2D eigenvalue weighted by molar-refractivity contribution is -0.130. The van der Waals surface area contributed by atoms with Gasteiger partial charge in [0, 0.05) is 26.2 Å². The number of likely N-dealkylation sites (N-methyl/N-ethyl adjacent to an activating group) is 1. The lowest BCUT2D eigenvalue weighted by Crippen LogP contribution is -2.32. The average molecular weight is 261 g/mol. The molecule has 0 fully saturated rings. The van der Waals surface area contributed by atoms with Gasteiger partial charge in [0.2, 0.25) is 5.91 Å². The highest BCUT2D eigenvalue weighted by molar-refractivity contribution is 7.80. The molecule has 0 aliphatic heterocycles. The Labute approximate surface area is 104 Å². The molecule has 0 spiro atoms. The van der Waals surface area contributed by atoms with E-state index in [1.165, 1.54) is 10.9 Å². The minimum Gasteiger partial charge on any atom is -0.393 e. The standard InChI is InChI=1S/C9H13ClN4OS/c1-13(3-2-8(11)16)9(15)6-14-5-7(10)4-12-14/h4-5H,2-3,6H2,1H3,(H2,11,16). The van der Waals surface area contributed by atoms with Crippen molar-refractivity contribution in [2.45, 2.75) is 13.0 Å². The molecule has 16 heavy (non-hydrogen) atoms. The van der Waals surface area contributed by atoms with Crippen LogP contribution in [0.2, 0.25) is 5.02 Å². The summed E-state index contributed by atoms with van der Waals surface area (Å²) in [6, 6.07) is 0. The molecule has 0 atom stereocenters. The molecule has 1 aromatic heterocycles. The van der Waals surface area contributed by atoms with Crippen LogP contribution in [0.3, 0.4) is 0 Å². The Morgan fingerprint density at radius 2 is 2.44 bits per heavy atom. The molecule has 1 heterocycles. The third kappa shape index (κ3) is 4.16. The normalized spacial score (nSPS) is 10.1. The second-order valence-electron chi connectivity index (χ2n) is 3.39. The molecule has 0 unspecified atom stereocenters. The summed E-state index contributed by atoms with van der Waals surface area (Å²) in [7, 11) is 1.70. The van der Waals surface area contributed by atoms with E-state index in [9.17, 15) is 4.79 Å². The van der Waals surface area contributed by atoms with Gasteiger partial charge in [0.25, 0.3) is 0 Å². The van der Waals surface area contributed by atoms with Gasteiger partial charge in [0.1, 0.15) is 6.54 Å². The monoisotopic (exact) mass is 260 g/mol. The van der Waals surface area contributed by atoms with Crippen LogP contribution in [0.5, 0.6) is 0 Å². The summed E-state index contributed by atoms with van der Waals surface area (Å²) in [5.74, 6) is -0.0592. The lowest BCUT2D eigenvalue weighted by Gasteiger charge is -2.16. The van der Waals surface area contributed by atoms with E-state index in [1.54, 1.807) is 18.1 Å². The molecule has 1 rings (SSSR count). The summed E-state index contributed by atoms with van der Waals surface area (Å²) in [5.41, 5.74) is 5.36. The SMILES string of the molecule is CN(CCC(N)=S)C(=O)Cn1cc(Cl)cn1. The Morgan fingerprint density at radius 1 is 1.75 bits per heavy atom. The zero-order valence-electron chi connectivity index (χ0n) is 8.89. The Bertz CT molecular complexity index is 393. The van der Waals surface area contributed by atoms with Crippen molar-refractivity contribution in [1.29, 1.82) is 0 Å². The van der Waals surface area contributed by atoms with Crippen molar-refractivity contribution < 1.29 is 4.79 Å². The quantitative estimate of drug-likeness (QED) is 0.791. The Hall–Kier alpha value is -1.14. The maximum atomic E-state index is 11.7. The van der Waals surface area contributed by atoms with E-state index in [2.05, 4.69) is 5.10 Å². The topological polar surface area (TPSA) is 64.2 Å². The van der Waals surface area contributed by atoms with Crippen molar-refractivity contribution >= 4 is 34.7 Å². The van der Waals surface area contributed by atoms with Gasteiger partial charge in [-0.3, -0.25) is 9.48 Å². The van der Waals surface area contributed by atoms with Crippen molar-refractivity contribution in [1.82, 2.24) is 14.7 Å². The van der Waals surface area contributed by atoms with Crippen molar-refractivity contribution in [3.63, 3.8) is 0 Å². The van der Waals surface area contributed by atoms with Crippen molar-refractivity contribution in [3.05, 3.63) is 17.4 Å². The summed E-state index contributed by atoms with van der Waals surface area (Å²) in [6.07, 6.45) is 3.61. The number of hydrogen-bond acceptors (Lipinski definition) is 3. The summed E-state index contributed by atoms with van der Waals surface area (Å²) in [4.78, 5) is 13.6. The third-order valence-electron chi connectivity index (χ3n) is 2.02. The molecule has 0 radical (unpaired) electrons. The second-order valence-corrected chi connectivity index (χ2v) is 4.35. The molecule has 0 aliphatic rings. The van der Waals surface area contributed by atoms with E-state index in [1.807, 2.05) is 0 Å². The largest absolute Gasteiger partial charge is 0.393 e. The molecule has 7 heteroatoms. The number of halogens is 1. The van der Waals surface area contributed by atoms with Crippen molar-refractivity contribution in [2.75, 3.05) is 13.6 Å². The predicted molar refractivity (Wildman–Crippen MR) is 66.3 cm³/mol. The molecule has 0 saturated heterocycles. The number of aromatic nitrogens is 2. The first-order valence-electron chi connectivity index (χ1n) is 4.69. The fraction of sp³-hybridized carbons (Fsp3) is 0.444. The molecule has 2 N–H and O–H groups in total. The number of carbonyl (C=O) groups excluding carboxylic acids is 1. The number of thiocarbonyl (C=S) groups is 1. The smallest absolute Gasteiger partial charge is 0.244 e. The van der Waals surface area contributed by atoms with Gasteiger partial charge in [-0.2, -0.15) is 5.10 Å². The van der Waals surface area contributed by atoms with Crippen LogP contribution in [0.4, 0.5) is 0 Å². The molecule has 0 aromatic carbocycles. The molecule has 88 valence electrons. The minimum absolute atomic E-state index is 0.0592. The first-order valence-corrected chi connectivity index (χ1v) is 5.48. The fourth-order valence-electron chi connectivity index (χ4n) is 1.09. The number of nitrogens with zero attached hydrogens (tertiary/aromatic N) is 3. The van der Waals surface area contributed by atoms with E-state index in [0.717, 1.165) is 0 Å². The molecule has 0 bridgehead atoms. The first kappa shape index (κ1) is 12.9. The Balaban J connectivity index is 2.42. The van der Waals surface area contributed by atoms with Crippen LogP contribution >= 0.6 is 23.8 Å². The third-order valence-corrected chi connectivity index (χ3v) is 2.42. The Morgan fingerprint density at radius 3 is 2.94 bits per heavy atom. The molecule has 0 saturated carbocycles. The molecule has 0 aliphatic carbocycles. The maximum absolute atomic E-state index is 11.7. The van der Waals surface area contributed by atoms with Crippen LogP contribution in [-0.2, 0) is 11.3 Å². The van der Waals surface area contributed by atoms with Gasteiger partial charge < -0.3 is 10.6 Å². The number of hydrogen-bond donors (Lipinski definition) is 1. The minimum atomic E-state index is -0.0592. The van der Waals surface area contributed by atoms with Crippen LogP contribution < -0.4 is 5.73 Å². The van der Waals surface area contributed by atoms with Crippen molar-refractivity contribution in [3.8, 4) is 0 Å². The molecular formula is C9H13ClN4OS. The van der Waals surface area contributed by atoms with Gasteiger partial charge in [-0.1, -0.05) is 23.8 Å². The molecular weight excluding hydrogens is 248 g/mol. The zero-order chi connectivity index (χ0) is 12.1. The second kappa shape index (κ2) is 5.81. The fourth-order valence-corrected chi connectivity index (χ4v) is 1.33.